The van der Waals surface area contributed by atoms with Crippen molar-refractivity contribution in [2.24, 2.45) is 0 Å². The van der Waals surface area contributed by atoms with Crippen LogP contribution in [0.5, 0.6) is 5.75 Å². The van der Waals surface area contributed by atoms with Crippen molar-refractivity contribution in [3.63, 3.8) is 0 Å². The maximum absolute atomic E-state index is 12.2. The van der Waals surface area contributed by atoms with E-state index in [0.717, 1.165) is 10.3 Å². The number of aryl methyl sites for hydroxylation is 1. The van der Waals surface area contributed by atoms with Crippen molar-refractivity contribution < 1.29 is 13.9 Å². The SMILES string of the molecule is Cc1ccc2sc(CC(=O)Oc3cccc4ccoc34)cc2c1. The molecule has 23 heavy (non-hydrogen) atoms. The first-order valence-corrected chi connectivity index (χ1v) is 8.17. The summed E-state index contributed by atoms with van der Waals surface area (Å²) in [6, 6.07) is 15.7. The number of esters is 1. The predicted octanol–water partition coefficient (Wildman–Crippen LogP) is 5.10. The molecule has 114 valence electrons. The molecule has 4 heteroatoms. The van der Waals surface area contributed by atoms with E-state index in [4.69, 9.17) is 9.15 Å². The van der Waals surface area contributed by atoms with E-state index in [1.54, 1.807) is 23.7 Å². The summed E-state index contributed by atoms with van der Waals surface area (Å²) in [7, 11) is 0. The molecule has 0 unspecified atom stereocenters. The third-order valence-electron chi connectivity index (χ3n) is 3.71. The average molecular weight is 322 g/mol. The summed E-state index contributed by atoms with van der Waals surface area (Å²) in [6.07, 6.45) is 1.85. The second-order valence-electron chi connectivity index (χ2n) is 5.50. The minimum atomic E-state index is -0.280. The highest BCUT2D eigenvalue weighted by molar-refractivity contribution is 7.19. The highest BCUT2D eigenvalue weighted by Crippen LogP contribution is 2.29. The van der Waals surface area contributed by atoms with E-state index in [9.17, 15) is 4.79 Å². The Labute approximate surface area is 137 Å². The average Bonchev–Trinajstić information content (AvgIpc) is 3.13. The maximum Gasteiger partial charge on any atom is 0.316 e. The Morgan fingerprint density at radius 2 is 2.04 bits per heavy atom. The zero-order valence-corrected chi connectivity index (χ0v) is 13.4. The van der Waals surface area contributed by atoms with Crippen LogP contribution in [-0.4, -0.2) is 5.97 Å². The van der Waals surface area contributed by atoms with Gasteiger partial charge >= 0.3 is 5.97 Å². The lowest BCUT2D eigenvalue weighted by Crippen LogP contribution is -2.10. The molecule has 0 aliphatic rings. The second-order valence-corrected chi connectivity index (χ2v) is 6.67. The van der Waals surface area contributed by atoms with Gasteiger partial charge in [0.25, 0.3) is 0 Å². The molecule has 0 N–H and O–H groups in total. The molecule has 4 aromatic rings. The molecular formula is C19H14O3S. The number of rotatable bonds is 3. The predicted molar refractivity (Wildman–Crippen MR) is 92.1 cm³/mol. The molecule has 0 spiro atoms. The first-order chi connectivity index (χ1) is 11.2. The smallest absolute Gasteiger partial charge is 0.316 e. The lowest BCUT2D eigenvalue weighted by atomic mass is 10.2. The number of hydrogen-bond donors (Lipinski definition) is 0. The highest BCUT2D eigenvalue weighted by Gasteiger charge is 2.13. The highest BCUT2D eigenvalue weighted by atomic mass is 32.1. The van der Waals surface area contributed by atoms with E-state index in [0.29, 0.717) is 11.3 Å². The second kappa shape index (κ2) is 5.56. The molecule has 0 saturated carbocycles. The maximum atomic E-state index is 12.2. The van der Waals surface area contributed by atoms with Crippen LogP contribution in [0.3, 0.4) is 0 Å². The van der Waals surface area contributed by atoms with Crippen molar-refractivity contribution in [2.45, 2.75) is 13.3 Å². The zero-order chi connectivity index (χ0) is 15.8. The Kier molecular flexibility index (Phi) is 3.39. The first-order valence-electron chi connectivity index (χ1n) is 7.35. The van der Waals surface area contributed by atoms with Crippen LogP contribution in [0.4, 0.5) is 0 Å². The lowest BCUT2D eigenvalue weighted by Gasteiger charge is -2.03. The van der Waals surface area contributed by atoms with E-state index in [1.165, 1.54) is 15.6 Å². The standard InChI is InChI=1S/C19H14O3S/c1-12-5-6-17-14(9-12)10-15(23-17)11-18(20)22-16-4-2-3-13-7-8-21-19(13)16/h2-10H,11H2,1H3. The third kappa shape index (κ3) is 2.73. The molecule has 0 atom stereocenters. The van der Waals surface area contributed by atoms with E-state index >= 15 is 0 Å². The summed E-state index contributed by atoms with van der Waals surface area (Å²) in [5.41, 5.74) is 1.82. The molecule has 0 radical (unpaired) electrons. The van der Waals surface area contributed by atoms with Crippen LogP contribution in [-0.2, 0) is 11.2 Å². The Balaban J connectivity index is 1.56. The van der Waals surface area contributed by atoms with Gasteiger partial charge in [0.05, 0.1) is 12.7 Å². The van der Waals surface area contributed by atoms with Crippen molar-refractivity contribution in [3.05, 3.63) is 65.2 Å². The van der Waals surface area contributed by atoms with Gasteiger partial charge in [-0.05, 0) is 36.6 Å². The van der Waals surface area contributed by atoms with Gasteiger partial charge in [0.2, 0.25) is 0 Å². The summed E-state index contributed by atoms with van der Waals surface area (Å²) in [6.45, 7) is 2.06. The molecule has 2 aromatic carbocycles. The number of para-hydroxylation sites is 1. The van der Waals surface area contributed by atoms with Gasteiger partial charge in [0.1, 0.15) is 0 Å². The molecule has 2 aromatic heterocycles. The van der Waals surface area contributed by atoms with Crippen LogP contribution in [0.15, 0.2) is 59.2 Å². The third-order valence-corrected chi connectivity index (χ3v) is 4.82. The number of ether oxygens (including phenoxy) is 1. The fraction of sp³-hybridized carbons (Fsp3) is 0.105. The van der Waals surface area contributed by atoms with Gasteiger partial charge in [-0.3, -0.25) is 4.79 Å². The Morgan fingerprint density at radius 1 is 1.13 bits per heavy atom. The van der Waals surface area contributed by atoms with Crippen LogP contribution in [0.2, 0.25) is 0 Å². The molecule has 4 rings (SSSR count). The van der Waals surface area contributed by atoms with Crippen molar-refractivity contribution >= 4 is 38.4 Å². The van der Waals surface area contributed by atoms with Crippen molar-refractivity contribution in [1.29, 1.82) is 0 Å². The van der Waals surface area contributed by atoms with Gasteiger partial charge < -0.3 is 9.15 Å². The van der Waals surface area contributed by atoms with Crippen LogP contribution < -0.4 is 4.74 Å². The van der Waals surface area contributed by atoms with Crippen molar-refractivity contribution in [3.8, 4) is 5.75 Å². The molecule has 3 nitrogen and oxygen atoms in total. The normalized spacial score (nSPS) is 11.2. The van der Waals surface area contributed by atoms with Gasteiger partial charge in [-0.1, -0.05) is 29.8 Å². The summed E-state index contributed by atoms with van der Waals surface area (Å²) >= 11 is 1.63. The van der Waals surface area contributed by atoms with E-state index in [1.807, 2.05) is 18.2 Å². The van der Waals surface area contributed by atoms with Crippen LogP contribution in [0.25, 0.3) is 21.1 Å². The van der Waals surface area contributed by atoms with Gasteiger partial charge in [-0.2, -0.15) is 0 Å². The Morgan fingerprint density at radius 3 is 2.96 bits per heavy atom. The van der Waals surface area contributed by atoms with Crippen LogP contribution in [0, 0.1) is 6.92 Å². The molecule has 0 saturated heterocycles. The molecule has 0 amide bonds. The van der Waals surface area contributed by atoms with Gasteiger partial charge in [-0.15, -0.1) is 11.3 Å². The lowest BCUT2D eigenvalue weighted by molar-refractivity contribution is -0.133. The van der Waals surface area contributed by atoms with E-state index < -0.39 is 0 Å². The van der Waals surface area contributed by atoms with Crippen molar-refractivity contribution in [2.75, 3.05) is 0 Å². The van der Waals surface area contributed by atoms with E-state index in [2.05, 4.69) is 31.2 Å². The van der Waals surface area contributed by atoms with E-state index in [-0.39, 0.29) is 12.4 Å². The fourth-order valence-corrected chi connectivity index (χ4v) is 3.68. The summed E-state index contributed by atoms with van der Waals surface area (Å²) in [5.74, 6) is 0.187. The molecule has 0 aliphatic carbocycles. The fourth-order valence-electron chi connectivity index (χ4n) is 2.65. The molecular weight excluding hydrogens is 308 g/mol. The largest absolute Gasteiger partial charge is 0.460 e. The number of hydrogen-bond acceptors (Lipinski definition) is 4. The van der Waals surface area contributed by atoms with Gasteiger partial charge in [0, 0.05) is 15.0 Å². The number of carbonyl (C=O) groups excluding carboxylic acids is 1. The van der Waals surface area contributed by atoms with Crippen molar-refractivity contribution in [1.82, 2.24) is 0 Å². The number of fused-ring (bicyclic) bond motifs is 2. The van der Waals surface area contributed by atoms with Gasteiger partial charge in [0.15, 0.2) is 11.3 Å². The van der Waals surface area contributed by atoms with Crippen LogP contribution in [0.1, 0.15) is 10.4 Å². The topological polar surface area (TPSA) is 39.4 Å². The Hall–Kier alpha value is -2.59. The number of carbonyl (C=O) groups is 1. The van der Waals surface area contributed by atoms with Gasteiger partial charge in [-0.25, -0.2) is 0 Å². The number of thiophene rings is 1. The monoisotopic (exact) mass is 322 g/mol. The quantitative estimate of drug-likeness (QED) is 0.389. The molecule has 0 bridgehead atoms. The molecule has 0 aliphatic heterocycles. The molecule has 0 fully saturated rings. The summed E-state index contributed by atoms with van der Waals surface area (Å²) in [5, 5.41) is 2.10. The zero-order valence-electron chi connectivity index (χ0n) is 12.5. The minimum Gasteiger partial charge on any atom is -0.460 e. The summed E-state index contributed by atoms with van der Waals surface area (Å²) in [4.78, 5) is 13.2. The number of benzene rings is 2. The minimum absolute atomic E-state index is 0.259. The Bertz CT molecular complexity index is 1010. The number of furan rings is 1. The first kappa shape index (κ1) is 14.0. The molecule has 2 heterocycles. The summed E-state index contributed by atoms with van der Waals surface area (Å²) < 4.78 is 12.1. The van der Waals surface area contributed by atoms with Crippen LogP contribution >= 0.6 is 11.3 Å².